The van der Waals surface area contributed by atoms with Gasteiger partial charge in [-0.3, -0.25) is 4.94 Å². The van der Waals surface area contributed by atoms with Gasteiger partial charge in [-0.2, -0.15) is 0 Å². The van der Waals surface area contributed by atoms with Crippen LogP contribution in [0.1, 0.15) is 80.2 Å². The van der Waals surface area contributed by atoms with Gasteiger partial charge < -0.3 is 15.4 Å². The van der Waals surface area contributed by atoms with E-state index in [2.05, 4.69) is 22.8 Å². The van der Waals surface area contributed by atoms with Crippen LogP contribution < -0.4 is 10.5 Å². The Bertz CT molecular complexity index is 913. The van der Waals surface area contributed by atoms with Gasteiger partial charge in [0.05, 0.1) is 6.61 Å². The van der Waals surface area contributed by atoms with Gasteiger partial charge in [0.2, 0.25) is 5.67 Å². The zero-order valence-electron chi connectivity index (χ0n) is 25.5. The molecule has 0 radical (unpaired) electrons. The molecule has 2 atom stereocenters. The quantitative estimate of drug-likeness (QED) is 0.334. The van der Waals surface area contributed by atoms with Crippen LogP contribution in [0.25, 0.3) is 0 Å². The summed E-state index contributed by atoms with van der Waals surface area (Å²) in [5, 5.41) is 0.799. The van der Waals surface area contributed by atoms with E-state index in [0.717, 1.165) is 44.3 Å². The van der Waals surface area contributed by atoms with Crippen molar-refractivity contribution in [2.75, 3.05) is 19.7 Å². The van der Waals surface area contributed by atoms with Crippen LogP contribution in [0.15, 0.2) is 48.5 Å². The molecule has 9 heteroatoms. The summed E-state index contributed by atoms with van der Waals surface area (Å²) in [5.74, 6) is -1.18. The number of carbonyl (C=O) groups is 1. The van der Waals surface area contributed by atoms with Crippen molar-refractivity contribution in [2.24, 2.45) is 5.73 Å². The molecule has 2 N–H and O–H groups in total. The number of hydrogen-bond acceptors (Lipinski definition) is 5. The molecule has 230 valence electrons. The summed E-state index contributed by atoms with van der Waals surface area (Å²) < 4.78 is 40.3. The van der Waals surface area contributed by atoms with Crippen LogP contribution in [0.5, 0.6) is 5.75 Å². The summed E-state index contributed by atoms with van der Waals surface area (Å²) in [6.07, 6.45) is 4.66. The maximum Gasteiger partial charge on any atom is 0.385 e. The largest absolute Gasteiger partial charge is 0.494 e. The number of benzene rings is 2. The highest BCUT2D eigenvalue weighted by Crippen LogP contribution is 2.18. The lowest BCUT2D eigenvalue weighted by atomic mass is 10.0. The zero-order valence-corrected chi connectivity index (χ0v) is 26.2. The van der Waals surface area contributed by atoms with Crippen LogP contribution >= 0.6 is 11.6 Å². The minimum absolute atomic E-state index is 0.233. The van der Waals surface area contributed by atoms with E-state index in [0.29, 0.717) is 12.4 Å². The Kier molecular flexibility index (Phi) is 23.3. The zero-order chi connectivity index (χ0) is 31.1. The van der Waals surface area contributed by atoms with Crippen LogP contribution in [0.4, 0.5) is 13.3 Å². The highest BCUT2D eigenvalue weighted by molar-refractivity contribution is 6.30. The third-order valence-corrected chi connectivity index (χ3v) is 5.76. The Morgan fingerprint density at radius 3 is 2.23 bits per heavy atom. The topological polar surface area (TPSA) is 64.8 Å². The molecule has 1 saturated heterocycles. The average Bonchev–Trinajstić information content (AvgIpc) is 3.34. The van der Waals surface area contributed by atoms with Gasteiger partial charge in [0.25, 0.3) is 0 Å². The molecule has 2 aromatic rings. The molecule has 40 heavy (non-hydrogen) atoms. The van der Waals surface area contributed by atoms with Gasteiger partial charge in [0.1, 0.15) is 11.6 Å². The second kappa shape index (κ2) is 23.4. The van der Waals surface area contributed by atoms with Crippen LogP contribution in [0.3, 0.4) is 0 Å². The molecule has 2 aromatic carbocycles. The van der Waals surface area contributed by atoms with E-state index in [9.17, 15) is 18.1 Å². The van der Waals surface area contributed by atoms with Gasteiger partial charge in [-0.15, -0.1) is 0 Å². The van der Waals surface area contributed by atoms with Gasteiger partial charge in [-0.25, -0.2) is 13.6 Å². The second-order valence-corrected chi connectivity index (χ2v) is 9.57. The Hall–Kier alpha value is -2.29. The van der Waals surface area contributed by atoms with Crippen molar-refractivity contribution in [2.45, 2.75) is 98.8 Å². The lowest BCUT2D eigenvalue weighted by Gasteiger charge is -2.22. The molecule has 0 spiro atoms. The molecule has 1 aliphatic heterocycles. The van der Waals surface area contributed by atoms with Gasteiger partial charge in [-0.05, 0) is 96.3 Å². The summed E-state index contributed by atoms with van der Waals surface area (Å²) in [6.45, 7) is 16.9. The Labute approximate surface area is 245 Å². The van der Waals surface area contributed by atoms with Crippen LogP contribution in [0, 0.1) is 5.82 Å². The van der Waals surface area contributed by atoms with E-state index >= 15 is 0 Å². The number of carbonyl (C=O) groups excluding carboxylic acids is 1. The van der Waals surface area contributed by atoms with Gasteiger partial charge in [0, 0.05) is 27.7 Å². The average molecular weight is 591 g/mol. The highest BCUT2D eigenvalue weighted by atomic mass is 35.5. The van der Waals surface area contributed by atoms with Crippen molar-refractivity contribution in [3.05, 3.63) is 64.9 Å². The van der Waals surface area contributed by atoms with E-state index < -0.39 is 11.6 Å². The maximum absolute atomic E-state index is 12.4. The molecule has 3 rings (SSSR count). The molecule has 0 bridgehead atoms. The number of halogens is 4. The first-order valence-corrected chi connectivity index (χ1v) is 14.5. The number of nitrogens with two attached hydrogens (primary N) is 1. The third-order valence-electron chi connectivity index (χ3n) is 5.53. The van der Waals surface area contributed by atoms with Crippen molar-refractivity contribution < 1.29 is 27.8 Å². The van der Waals surface area contributed by atoms with E-state index in [-0.39, 0.29) is 11.9 Å². The smallest absolute Gasteiger partial charge is 0.385 e. The predicted octanol–water partition coefficient (Wildman–Crippen LogP) is 8.52. The second-order valence-electron chi connectivity index (χ2n) is 9.14. The molecule has 0 saturated carbocycles. The number of hydrogen-bond donors (Lipinski definition) is 1. The number of alkyl halides is 1. The first-order chi connectivity index (χ1) is 19.0. The lowest BCUT2D eigenvalue weighted by molar-refractivity contribution is -0.196. The molecule has 0 amide bonds. The summed E-state index contributed by atoms with van der Waals surface area (Å²) in [4.78, 5) is 15.0. The fraction of sp³-hybridized carbons (Fsp3) is 0.581. The monoisotopic (exact) mass is 590 g/mol. The normalized spacial score (nSPS) is 14.9. The van der Waals surface area contributed by atoms with Crippen molar-refractivity contribution in [3.63, 3.8) is 0 Å². The van der Waals surface area contributed by atoms with Gasteiger partial charge >= 0.3 is 5.97 Å². The van der Waals surface area contributed by atoms with Crippen molar-refractivity contribution in [1.29, 1.82) is 0 Å². The maximum atomic E-state index is 12.4. The molecule has 5 nitrogen and oxygen atoms in total. The van der Waals surface area contributed by atoms with Crippen LogP contribution in [-0.2, 0) is 16.2 Å². The first-order valence-electron chi connectivity index (χ1n) is 14.1. The fourth-order valence-electron chi connectivity index (χ4n) is 3.54. The van der Waals surface area contributed by atoms with Gasteiger partial charge in [0.15, 0.2) is 0 Å². The number of likely N-dealkylation sites (tertiary alicyclic amines) is 1. The third kappa shape index (κ3) is 18.9. The fourth-order valence-corrected chi connectivity index (χ4v) is 3.75. The summed E-state index contributed by atoms with van der Waals surface area (Å²) in [5.41, 5.74) is 5.22. The Balaban J connectivity index is 0. The highest BCUT2D eigenvalue weighted by Gasteiger charge is 2.29. The Morgan fingerprint density at radius 2 is 1.77 bits per heavy atom. The Morgan fingerprint density at radius 1 is 1.15 bits per heavy atom. The van der Waals surface area contributed by atoms with E-state index in [4.69, 9.17) is 22.1 Å². The minimum atomic E-state index is -2.23. The molecular weight excluding hydrogens is 541 g/mol. The summed E-state index contributed by atoms with van der Waals surface area (Å²) in [7, 11) is 0. The van der Waals surface area contributed by atoms with Crippen LogP contribution in [0.2, 0.25) is 5.02 Å². The number of rotatable bonds is 8. The van der Waals surface area contributed by atoms with E-state index in [1.54, 1.807) is 12.1 Å². The SMILES string of the molecule is CC.CC.CC(C)(F)C(=O)OF.CC1CCCN1CCC(N)Cc1cccc(Cl)c1.CCOc1cccc(F)c1. The van der Waals surface area contributed by atoms with Crippen molar-refractivity contribution in [1.82, 2.24) is 4.90 Å². The molecule has 1 fully saturated rings. The minimum Gasteiger partial charge on any atom is -0.494 e. The van der Waals surface area contributed by atoms with Gasteiger partial charge in [-0.1, -0.05) is 57.5 Å². The molecule has 0 aliphatic carbocycles. The summed E-state index contributed by atoms with van der Waals surface area (Å²) >= 11 is 5.98. The lowest BCUT2D eigenvalue weighted by Crippen LogP contribution is -2.33. The molecule has 1 heterocycles. The molecule has 2 unspecified atom stereocenters. The van der Waals surface area contributed by atoms with Crippen LogP contribution in [-0.4, -0.2) is 48.3 Å². The number of ether oxygens (including phenoxy) is 1. The predicted molar refractivity (Wildman–Crippen MR) is 161 cm³/mol. The summed E-state index contributed by atoms with van der Waals surface area (Å²) in [6, 6.07) is 15.1. The molecule has 0 aromatic heterocycles. The standard InChI is InChI=1S/C15H23ClN2.C8H9FO.C4H6F2O2.2C2H6/c1-12-4-3-8-18(12)9-7-15(17)11-13-5-2-6-14(16)10-13;1-2-10-8-5-3-4-7(9)6-8;1-4(2,5)3(7)8-6;2*1-2/h2,5-6,10,12,15H,3-4,7-9,11,17H2,1H3;3-6H,2H2,1H3;1-2H3;2*1-2H3. The van der Waals surface area contributed by atoms with E-state index in [1.807, 2.05) is 52.8 Å². The van der Waals surface area contributed by atoms with Crippen molar-refractivity contribution >= 4 is 17.6 Å². The number of nitrogens with zero attached hydrogens (tertiary/aromatic N) is 1. The molecular formula is C31H50ClF3N2O3. The van der Waals surface area contributed by atoms with Crippen molar-refractivity contribution in [3.8, 4) is 5.75 Å². The first kappa shape index (κ1) is 39.9. The molecule has 1 aliphatic rings. The van der Waals surface area contributed by atoms with E-state index in [1.165, 1.54) is 37.1 Å².